The number of nitrogens with two attached hydrogens (primary N) is 1. The summed E-state index contributed by atoms with van der Waals surface area (Å²) in [6.07, 6.45) is 1.05. The van der Waals surface area contributed by atoms with Crippen molar-refractivity contribution in [3.05, 3.63) is 29.8 Å². The third-order valence-electron chi connectivity index (χ3n) is 3.39. The van der Waals surface area contributed by atoms with E-state index in [-0.39, 0.29) is 5.75 Å². The van der Waals surface area contributed by atoms with Gasteiger partial charge in [-0.25, -0.2) is 13.1 Å². The highest BCUT2D eigenvalue weighted by molar-refractivity contribution is 7.88. The van der Waals surface area contributed by atoms with Gasteiger partial charge in [-0.1, -0.05) is 12.1 Å². The number of anilines is 1. The van der Waals surface area contributed by atoms with E-state index in [0.29, 0.717) is 18.2 Å². The minimum atomic E-state index is -3.28. The molecule has 0 bridgehead atoms. The minimum Gasteiger partial charge on any atom is -0.399 e. The molecule has 5 nitrogen and oxygen atoms in total. The summed E-state index contributed by atoms with van der Waals surface area (Å²) < 4.78 is 26.7. The predicted octanol–water partition coefficient (Wildman–Crippen LogP) is 0.640. The number of rotatable bonds is 5. The molecule has 106 valence electrons. The van der Waals surface area contributed by atoms with Crippen LogP contribution in [0.1, 0.15) is 12.0 Å². The number of sulfonamides is 1. The molecule has 1 fully saturated rings. The van der Waals surface area contributed by atoms with Gasteiger partial charge in [0.05, 0.1) is 5.75 Å². The Labute approximate surface area is 114 Å². The van der Waals surface area contributed by atoms with Crippen molar-refractivity contribution in [1.29, 1.82) is 0 Å². The second-order valence-electron chi connectivity index (χ2n) is 5.27. The Balaban J connectivity index is 1.88. The van der Waals surface area contributed by atoms with Gasteiger partial charge >= 0.3 is 0 Å². The van der Waals surface area contributed by atoms with Crippen molar-refractivity contribution in [2.75, 3.05) is 32.4 Å². The first-order chi connectivity index (χ1) is 8.94. The van der Waals surface area contributed by atoms with E-state index >= 15 is 0 Å². The van der Waals surface area contributed by atoms with Gasteiger partial charge in [0.1, 0.15) is 0 Å². The maximum absolute atomic E-state index is 12.0. The van der Waals surface area contributed by atoms with Crippen LogP contribution in [0.4, 0.5) is 5.69 Å². The Morgan fingerprint density at radius 1 is 1.47 bits per heavy atom. The van der Waals surface area contributed by atoms with Crippen molar-refractivity contribution in [2.45, 2.75) is 12.2 Å². The smallest absolute Gasteiger partial charge is 0.215 e. The Morgan fingerprint density at radius 2 is 2.26 bits per heavy atom. The number of nitrogen functional groups attached to an aromatic ring is 1. The van der Waals surface area contributed by atoms with Crippen LogP contribution >= 0.6 is 0 Å². The van der Waals surface area contributed by atoms with E-state index in [1.54, 1.807) is 24.3 Å². The molecule has 6 heteroatoms. The van der Waals surface area contributed by atoms with Crippen molar-refractivity contribution >= 4 is 15.7 Å². The Kier molecular flexibility index (Phi) is 4.44. The zero-order valence-corrected chi connectivity index (χ0v) is 12.0. The van der Waals surface area contributed by atoms with Crippen molar-refractivity contribution in [3.8, 4) is 0 Å². The van der Waals surface area contributed by atoms with Crippen LogP contribution in [-0.2, 0) is 15.8 Å². The van der Waals surface area contributed by atoms with E-state index in [4.69, 9.17) is 5.73 Å². The largest absolute Gasteiger partial charge is 0.399 e. The van der Waals surface area contributed by atoms with Gasteiger partial charge in [-0.05, 0) is 43.6 Å². The molecule has 0 aromatic heterocycles. The maximum atomic E-state index is 12.0. The summed E-state index contributed by atoms with van der Waals surface area (Å²) in [5, 5.41) is 0. The molecule has 0 aliphatic carbocycles. The number of likely N-dealkylation sites (tertiary alicyclic amines) is 1. The lowest BCUT2D eigenvalue weighted by Crippen LogP contribution is -2.31. The van der Waals surface area contributed by atoms with Gasteiger partial charge in [-0.15, -0.1) is 0 Å². The first kappa shape index (κ1) is 14.3. The van der Waals surface area contributed by atoms with E-state index in [0.717, 1.165) is 25.1 Å². The van der Waals surface area contributed by atoms with Gasteiger partial charge in [0.25, 0.3) is 0 Å². The molecule has 1 aliphatic rings. The van der Waals surface area contributed by atoms with E-state index in [9.17, 15) is 8.42 Å². The van der Waals surface area contributed by atoms with E-state index in [2.05, 4.69) is 16.7 Å². The Bertz CT molecular complexity index is 530. The fraction of sp³-hybridized carbons (Fsp3) is 0.538. The SMILES string of the molecule is CN1CCC(CNS(=O)(=O)Cc2cccc(N)c2)C1. The number of benzene rings is 1. The van der Waals surface area contributed by atoms with Crippen LogP contribution in [0.15, 0.2) is 24.3 Å². The first-order valence-electron chi connectivity index (χ1n) is 6.45. The van der Waals surface area contributed by atoms with Crippen molar-refractivity contribution in [1.82, 2.24) is 9.62 Å². The Morgan fingerprint density at radius 3 is 2.89 bits per heavy atom. The summed E-state index contributed by atoms with van der Waals surface area (Å²) in [5.74, 6) is 0.404. The number of nitrogens with one attached hydrogen (secondary N) is 1. The summed E-state index contributed by atoms with van der Waals surface area (Å²) in [4.78, 5) is 2.22. The van der Waals surface area contributed by atoms with Gasteiger partial charge in [0.15, 0.2) is 0 Å². The molecule has 1 atom stereocenters. The fourth-order valence-electron chi connectivity index (χ4n) is 2.39. The molecule has 1 unspecified atom stereocenters. The normalized spacial score (nSPS) is 20.8. The molecule has 19 heavy (non-hydrogen) atoms. The second-order valence-corrected chi connectivity index (χ2v) is 7.08. The number of hydrogen-bond acceptors (Lipinski definition) is 4. The minimum absolute atomic E-state index is 0.0133. The summed E-state index contributed by atoms with van der Waals surface area (Å²) in [5.41, 5.74) is 6.95. The fourth-order valence-corrected chi connectivity index (χ4v) is 3.60. The lowest BCUT2D eigenvalue weighted by Gasteiger charge is -2.12. The zero-order chi connectivity index (χ0) is 13.9. The Hall–Kier alpha value is -1.11. The quantitative estimate of drug-likeness (QED) is 0.778. The van der Waals surface area contributed by atoms with Gasteiger partial charge in [-0.3, -0.25) is 0 Å². The molecule has 0 amide bonds. The molecular weight excluding hydrogens is 262 g/mol. The summed E-state index contributed by atoms with van der Waals surface area (Å²) in [6.45, 7) is 2.53. The average molecular weight is 283 g/mol. The third kappa shape index (κ3) is 4.49. The molecule has 1 saturated heterocycles. The van der Waals surface area contributed by atoms with Gasteiger partial charge in [-0.2, -0.15) is 0 Å². The highest BCUT2D eigenvalue weighted by Crippen LogP contribution is 2.14. The molecule has 1 aromatic carbocycles. The summed E-state index contributed by atoms with van der Waals surface area (Å²) in [6, 6.07) is 6.99. The molecule has 1 aliphatic heterocycles. The molecule has 0 spiro atoms. The van der Waals surface area contributed by atoms with E-state index in [1.807, 2.05) is 0 Å². The molecule has 2 rings (SSSR count). The van der Waals surface area contributed by atoms with Crippen LogP contribution in [0.5, 0.6) is 0 Å². The highest BCUT2D eigenvalue weighted by atomic mass is 32.2. The highest BCUT2D eigenvalue weighted by Gasteiger charge is 2.21. The van der Waals surface area contributed by atoms with Crippen LogP contribution in [-0.4, -0.2) is 40.0 Å². The average Bonchev–Trinajstić information content (AvgIpc) is 2.72. The number of hydrogen-bond donors (Lipinski definition) is 2. The van der Waals surface area contributed by atoms with Crippen LogP contribution in [0.3, 0.4) is 0 Å². The zero-order valence-electron chi connectivity index (χ0n) is 11.2. The van der Waals surface area contributed by atoms with Crippen molar-refractivity contribution in [3.63, 3.8) is 0 Å². The lowest BCUT2D eigenvalue weighted by molar-refractivity contribution is 0.394. The molecule has 0 radical (unpaired) electrons. The van der Waals surface area contributed by atoms with Crippen LogP contribution < -0.4 is 10.5 Å². The molecule has 1 aromatic rings. The molecule has 1 heterocycles. The monoisotopic (exact) mass is 283 g/mol. The third-order valence-corrected chi connectivity index (χ3v) is 4.71. The van der Waals surface area contributed by atoms with Gasteiger partial charge in [0, 0.05) is 18.8 Å². The first-order valence-corrected chi connectivity index (χ1v) is 8.10. The number of nitrogens with zero attached hydrogens (tertiary/aromatic N) is 1. The van der Waals surface area contributed by atoms with Gasteiger partial charge < -0.3 is 10.6 Å². The van der Waals surface area contributed by atoms with Crippen LogP contribution in [0, 0.1) is 5.92 Å². The second kappa shape index (κ2) is 5.90. The maximum Gasteiger partial charge on any atom is 0.215 e. The standard InChI is InChI=1S/C13H21N3O2S/c1-16-6-5-12(9-16)8-15-19(17,18)10-11-3-2-4-13(14)7-11/h2-4,7,12,15H,5-6,8-10,14H2,1H3. The van der Waals surface area contributed by atoms with E-state index in [1.165, 1.54) is 0 Å². The molecular formula is C13H21N3O2S. The van der Waals surface area contributed by atoms with Gasteiger partial charge in [0.2, 0.25) is 10.0 Å². The van der Waals surface area contributed by atoms with Crippen LogP contribution in [0.25, 0.3) is 0 Å². The van der Waals surface area contributed by atoms with Crippen molar-refractivity contribution in [2.24, 2.45) is 5.92 Å². The van der Waals surface area contributed by atoms with Crippen LogP contribution in [0.2, 0.25) is 0 Å². The predicted molar refractivity (Wildman–Crippen MR) is 77.1 cm³/mol. The van der Waals surface area contributed by atoms with E-state index < -0.39 is 10.0 Å². The lowest BCUT2D eigenvalue weighted by atomic mass is 10.1. The summed E-state index contributed by atoms with van der Waals surface area (Å²) >= 11 is 0. The topological polar surface area (TPSA) is 75.4 Å². The molecule has 0 saturated carbocycles. The summed E-state index contributed by atoms with van der Waals surface area (Å²) in [7, 11) is -1.22. The van der Waals surface area contributed by atoms with Crippen molar-refractivity contribution < 1.29 is 8.42 Å². The molecule has 3 N–H and O–H groups in total.